The molecule has 0 bridgehead atoms. The van der Waals surface area contributed by atoms with Crippen molar-refractivity contribution in [2.75, 3.05) is 44.9 Å². The molecule has 1 aliphatic heterocycles. The van der Waals surface area contributed by atoms with E-state index < -0.39 is 0 Å². The van der Waals surface area contributed by atoms with Crippen molar-refractivity contribution in [1.29, 1.82) is 0 Å². The van der Waals surface area contributed by atoms with Gasteiger partial charge in [0.15, 0.2) is 0 Å². The van der Waals surface area contributed by atoms with E-state index in [2.05, 4.69) is 41.4 Å². The van der Waals surface area contributed by atoms with E-state index in [1.54, 1.807) is 7.11 Å². The van der Waals surface area contributed by atoms with Crippen molar-refractivity contribution in [1.82, 2.24) is 5.32 Å². The van der Waals surface area contributed by atoms with Gasteiger partial charge in [0.05, 0.1) is 25.9 Å². The first-order valence-electron chi connectivity index (χ1n) is 7.48. The summed E-state index contributed by atoms with van der Waals surface area (Å²) in [5.41, 5.74) is 2.62. The molecule has 4 heteroatoms. The SMILES string of the molecule is CCC1COCCN1c1ccc(CNCCOC)cc1. The summed E-state index contributed by atoms with van der Waals surface area (Å²) in [6.45, 7) is 7.42. The molecule has 1 unspecified atom stereocenters. The molecule has 112 valence electrons. The summed E-state index contributed by atoms with van der Waals surface area (Å²) in [6, 6.07) is 9.37. The molecular weight excluding hydrogens is 252 g/mol. The van der Waals surface area contributed by atoms with Crippen LogP contribution < -0.4 is 10.2 Å². The van der Waals surface area contributed by atoms with Crippen LogP contribution in [-0.2, 0) is 16.0 Å². The zero-order valence-electron chi connectivity index (χ0n) is 12.6. The molecule has 1 aromatic rings. The highest BCUT2D eigenvalue weighted by Crippen LogP contribution is 2.21. The molecule has 0 aromatic heterocycles. The fourth-order valence-electron chi connectivity index (χ4n) is 2.55. The van der Waals surface area contributed by atoms with E-state index in [4.69, 9.17) is 9.47 Å². The minimum absolute atomic E-state index is 0.509. The third-order valence-corrected chi connectivity index (χ3v) is 3.78. The molecule has 1 saturated heterocycles. The first kappa shape index (κ1) is 15.3. The number of nitrogens with one attached hydrogen (secondary N) is 1. The third kappa shape index (κ3) is 4.20. The van der Waals surface area contributed by atoms with Gasteiger partial charge in [-0.05, 0) is 24.1 Å². The van der Waals surface area contributed by atoms with E-state index in [1.165, 1.54) is 11.3 Å². The summed E-state index contributed by atoms with van der Waals surface area (Å²) in [4.78, 5) is 2.46. The Balaban J connectivity index is 1.89. The largest absolute Gasteiger partial charge is 0.383 e. The summed E-state index contributed by atoms with van der Waals surface area (Å²) in [6.07, 6.45) is 1.13. The quantitative estimate of drug-likeness (QED) is 0.774. The van der Waals surface area contributed by atoms with Gasteiger partial charge in [-0.1, -0.05) is 19.1 Å². The first-order chi connectivity index (χ1) is 9.85. The number of morpholine rings is 1. The molecule has 1 atom stereocenters. The number of ether oxygens (including phenoxy) is 2. The zero-order valence-corrected chi connectivity index (χ0v) is 12.6. The summed E-state index contributed by atoms with van der Waals surface area (Å²) in [7, 11) is 1.73. The molecule has 0 saturated carbocycles. The lowest BCUT2D eigenvalue weighted by molar-refractivity contribution is 0.0930. The van der Waals surface area contributed by atoms with Crippen molar-refractivity contribution in [2.24, 2.45) is 0 Å². The molecule has 1 fully saturated rings. The molecule has 20 heavy (non-hydrogen) atoms. The second-order valence-electron chi connectivity index (χ2n) is 5.17. The second-order valence-corrected chi connectivity index (χ2v) is 5.17. The van der Waals surface area contributed by atoms with E-state index >= 15 is 0 Å². The standard InChI is InChI=1S/C16H26N2O2/c1-3-15-13-20-11-9-18(15)16-6-4-14(5-7-16)12-17-8-10-19-2/h4-7,15,17H,3,8-13H2,1-2H3. The van der Waals surface area contributed by atoms with Crippen LogP contribution in [0.15, 0.2) is 24.3 Å². The number of anilines is 1. The molecule has 1 aliphatic rings. The van der Waals surface area contributed by atoms with Crippen LogP contribution in [0.2, 0.25) is 0 Å². The van der Waals surface area contributed by atoms with Crippen LogP contribution in [0.4, 0.5) is 5.69 Å². The Kier molecular flexibility index (Phi) is 6.30. The lowest BCUT2D eigenvalue weighted by Gasteiger charge is -2.37. The highest BCUT2D eigenvalue weighted by atomic mass is 16.5. The number of hydrogen-bond acceptors (Lipinski definition) is 4. The van der Waals surface area contributed by atoms with Gasteiger partial charge in [-0.2, -0.15) is 0 Å². The minimum atomic E-state index is 0.509. The van der Waals surface area contributed by atoms with Gasteiger partial charge in [0.25, 0.3) is 0 Å². The Hall–Kier alpha value is -1.10. The summed E-state index contributed by atoms with van der Waals surface area (Å²) in [5.74, 6) is 0. The van der Waals surface area contributed by atoms with E-state index in [0.29, 0.717) is 6.04 Å². The molecule has 1 aromatic carbocycles. The Bertz CT molecular complexity index is 381. The number of benzene rings is 1. The van der Waals surface area contributed by atoms with Crippen LogP contribution in [0, 0.1) is 0 Å². The topological polar surface area (TPSA) is 33.7 Å². The molecule has 0 spiro atoms. The van der Waals surface area contributed by atoms with Gasteiger partial charge in [-0.25, -0.2) is 0 Å². The van der Waals surface area contributed by atoms with E-state index in [1.807, 2.05) is 0 Å². The van der Waals surface area contributed by atoms with Crippen LogP contribution in [-0.4, -0.2) is 46.1 Å². The molecule has 1 heterocycles. The second kappa shape index (κ2) is 8.25. The van der Waals surface area contributed by atoms with E-state index in [-0.39, 0.29) is 0 Å². The van der Waals surface area contributed by atoms with Crippen LogP contribution in [0.3, 0.4) is 0 Å². The lowest BCUT2D eigenvalue weighted by Crippen LogP contribution is -2.45. The summed E-state index contributed by atoms with van der Waals surface area (Å²) in [5, 5.41) is 3.36. The first-order valence-corrected chi connectivity index (χ1v) is 7.48. The molecule has 1 N–H and O–H groups in total. The molecule has 4 nitrogen and oxygen atoms in total. The normalized spacial score (nSPS) is 19.3. The van der Waals surface area contributed by atoms with Gasteiger partial charge >= 0.3 is 0 Å². The zero-order chi connectivity index (χ0) is 14.2. The number of methoxy groups -OCH3 is 1. The molecule has 0 aliphatic carbocycles. The maximum atomic E-state index is 5.56. The minimum Gasteiger partial charge on any atom is -0.383 e. The molecule has 0 amide bonds. The van der Waals surface area contributed by atoms with Crippen molar-refractivity contribution < 1.29 is 9.47 Å². The Morgan fingerprint density at radius 2 is 2.15 bits per heavy atom. The van der Waals surface area contributed by atoms with Crippen LogP contribution >= 0.6 is 0 Å². The fourth-order valence-corrected chi connectivity index (χ4v) is 2.55. The van der Waals surface area contributed by atoms with Gasteiger partial charge < -0.3 is 19.7 Å². The lowest BCUT2D eigenvalue weighted by atomic mass is 10.1. The fraction of sp³-hybridized carbons (Fsp3) is 0.625. The van der Waals surface area contributed by atoms with Crippen molar-refractivity contribution in [2.45, 2.75) is 25.9 Å². The number of nitrogens with zero attached hydrogens (tertiary/aromatic N) is 1. The molecule has 2 rings (SSSR count). The number of rotatable bonds is 7. The Labute approximate surface area is 122 Å². The van der Waals surface area contributed by atoms with Gasteiger partial charge in [-0.15, -0.1) is 0 Å². The summed E-state index contributed by atoms with van der Waals surface area (Å²) >= 11 is 0. The third-order valence-electron chi connectivity index (χ3n) is 3.78. The van der Waals surface area contributed by atoms with Gasteiger partial charge in [0, 0.05) is 32.4 Å². The molecule has 0 radical (unpaired) electrons. The van der Waals surface area contributed by atoms with Crippen LogP contribution in [0.5, 0.6) is 0 Å². The van der Waals surface area contributed by atoms with Crippen LogP contribution in [0.25, 0.3) is 0 Å². The van der Waals surface area contributed by atoms with Crippen molar-refractivity contribution in [3.8, 4) is 0 Å². The predicted octanol–water partition coefficient (Wildman–Crippen LogP) is 2.04. The van der Waals surface area contributed by atoms with Gasteiger partial charge in [0.1, 0.15) is 0 Å². The molecular formula is C16H26N2O2. The van der Waals surface area contributed by atoms with Crippen molar-refractivity contribution in [3.05, 3.63) is 29.8 Å². The average molecular weight is 278 g/mol. The monoisotopic (exact) mass is 278 g/mol. The Morgan fingerprint density at radius 3 is 2.85 bits per heavy atom. The maximum Gasteiger partial charge on any atom is 0.0670 e. The van der Waals surface area contributed by atoms with Gasteiger partial charge in [0.2, 0.25) is 0 Å². The van der Waals surface area contributed by atoms with E-state index in [0.717, 1.165) is 45.9 Å². The van der Waals surface area contributed by atoms with E-state index in [9.17, 15) is 0 Å². The van der Waals surface area contributed by atoms with Gasteiger partial charge in [-0.3, -0.25) is 0 Å². The average Bonchev–Trinajstić information content (AvgIpc) is 2.52. The summed E-state index contributed by atoms with van der Waals surface area (Å²) < 4.78 is 10.6. The van der Waals surface area contributed by atoms with Crippen molar-refractivity contribution >= 4 is 5.69 Å². The Morgan fingerprint density at radius 1 is 1.35 bits per heavy atom. The van der Waals surface area contributed by atoms with Crippen LogP contribution in [0.1, 0.15) is 18.9 Å². The highest BCUT2D eigenvalue weighted by molar-refractivity contribution is 5.49. The highest BCUT2D eigenvalue weighted by Gasteiger charge is 2.21. The van der Waals surface area contributed by atoms with Crippen molar-refractivity contribution in [3.63, 3.8) is 0 Å². The maximum absolute atomic E-state index is 5.56. The predicted molar refractivity (Wildman–Crippen MR) is 82.3 cm³/mol. The smallest absolute Gasteiger partial charge is 0.0670 e. The number of hydrogen-bond donors (Lipinski definition) is 1.